The van der Waals surface area contributed by atoms with Gasteiger partial charge in [0, 0.05) is 23.6 Å². The zero-order chi connectivity index (χ0) is 39.3. The van der Waals surface area contributed by atoms with E-state index in [1.54, 1.807) is 12.4 Å². The van der Waals surface area contributed by atoms with Gasteiger partial charge in [-0.05, 0) is 108 Å². The van der Waals surface area contributed by atoms with Gasteiger partial charge in [-0.25, -0.2) is 0 Å². The molecule has 0 aliphatic rings. The minimum atomic E-state index is -0.556. The molecule has 4 rings (SSSR count). The van der Waals surface area contributed by atoms with Crippen LogP contribution in [0.15, 0.2) is 120 Å². The van der Waals surface area contributed by atoms with Crippen molar-refractivity contribution in [3.05, 3.63) is 132 Å². The number of hydrogen-bond acceptors (Lipinski definition) is 6. The van der Waals surface area contributed by atoms with Gasteiger partial charge in [0.05, 0.1) is 24.6 Å². The fourth-order valence-corrected chi connectivity index (χ4v) is 4.92. The van der Waals surface area contributed by atoms with Crippen LogP contribution in [-0.4, -0.2) is 35.9 Å². The van der Waals surface area contributed by atoms with E-state index in [4.69, 9.17) is 28.1 Å². The van der Waals surface area contributed by atoms with E-state index in [2.05, 4.69) is 64.7 Å². The molecular weight excluding hydrogens is 739 g/mol. The van der Waals surface area contributed by atoms with Gasteiger partial charge in [-0.3, -0.25) is 9.98 Å². The summed E-state index contributed by atoms with van der Waals surface area (Å²) in [4.78, 5) is 8.91. The molecule has 0 radical (unpaired) electrons. The van der Waals surface area contributed by atoms with Crippen LogP contribution in [0.4, 0.5) is 11.4 Å². The van der Waals surface area contributed by atoms with Gasteiger partial charge in [0.2, 0.25) is 0 Å². The molecular formula is C44H54Cl2N2O4Ti. The summed E-state index contributed by atoms with van der Waals surface area (Å²) in [5.41, 5.74) is 4.68. The van der Waals surface area contributed by atoms with Crippen molar-refractivity contribution < 1.29 is 36.7 Å². The number of nitrogens with zero attached hydrogens (tertiary/aromatic N) is 2. The Balaban J connectivity index is 0.000000341. The summed E-state index contributed by atoms with van der Waals surface area (Å²) < 4.78 is 11.3. The summed E-state index contributed by atoms with van der Waals surface area (Å²) in [6, 6.07) is 26.8. The third-order valence-electron chi connectivity index (χ3n) is 7.77. The number of phenols is 2. The molecule has 0 unspecified atom stereocenters. The van der Waals surface area contributed by atoms with Crippen molar-refractivity contribution in [1.82, 2.24) is 0 Å². The van der Waals surface area contributed by atoms with Gasteiger partial charge >= 0.3 is 35.6 Å². The van der Waals surface area contributed by atoms with Crippen molar-refractivity contribution in [2.24, 2.45) is 9.98 Å². The van der Waals surface area contributed by atoms with Crippen LogP contribution in [-0.2, 0) is 27.9 Å². The number of hydrogen-bond donors (Lipinski definition) is 2. The average Bonchev–Trinajstić information content (AvgIpc) is 3.12. The summed E-state index contributed by atoms with van der Waals surface area (Å²) in [5.74, 6) is 2.25. The van der Waals surface area contributed by atoms with E-state index < -0.39 is 17.0 Å². The molecule has 0 atom stereocenters. The number of benzene rings is 4. The van der Waals surface area contributed by atoms with E-state index in [1.165, 1.54) is 0 Å². The number of halogens is 2. The number of aliphatic imine (C=N–C) groups is 2. The van der Waals surface area contributed by atoms with Crippen molar-refractivity contribution in [2.75, 3.05) is 13.2 Å². The van der Waals surface area contributed by atoms with Crippen LogP contribution >= 0.6 is 18.6 Å². The fourth-order valence-electron chi connectivity index (χ4n) is 4.92. The second-order valence-corrected chi connectivity index (χ2v) is 16.7. The van der Waals surface area contributed by atoms with Crippen LogP contribution in [0.2, 0.25) is 0 Å². The Kier molecular flexibility index (Phi) is 20.3. The summed E-state index contributed by atoms with van der Waals surface area (Å²) in [6.45, 7) is 21.2. The maximum atomic E-state index is 10.5. The third-order valence-corrected chi connectivity index (χ3v) is 7.77. The van der Waals surface area contributed by atoms with Crippen LogP contribution in [0.5, 0.6) is 23.0 Å². The molecule has 0 fully saturated rings. The quantitative estimate of drug-likeness (QED) is 0.0576. The first-order valence-electron chi connectivity index (χ1n) is 17.6. The first-order chi connectivity index (χ1) is 25.2. The van der Waals surface area contributed by atoms with E-state index in [1.807, 2.05) is 97.1 Å². The zero-order valence-electron chi connectivity index (χ0n) is 31.9. The molecule has 0 amide bonds. The van der Waals surface area contributed by atoms with Crippen molar-refractivity contribution in [3.63, 3.8) is 0 Å². The van der Waals surface area contributed by atoms with Gasteiger partial charge < -0.3 is 19.7 Å². The van der Waals surface area contributed by atoms with Crippen molar-refractivity contribution >= 4 is 42.4 Å². The summed E-state index contributed by atoms with van der Waals surface area (Å²) >= 11 is -0.556. The van der Waals surface area contributed by atoms with Crippen LogP contribution < -0.4 is 9.47 Å². The number of phenolic OH excluding ortho intramolecular Hbond substituents is 2. The number of para-hydroxylation sites is 2. The van der Waals surface area contributed by atoms with Gasteiger partial charge in [0.15, 0.2) is 0 Å². The number of ether oxygens (including phenoxy) is 2. The Morgan fingerprint density at radius 3 is 1.25 bits per heavy atom. The van der Waals surface area contributed by atoms with E-state index in [0.717, 1.165) is 70.8 Å². The minimum absolute atomic E-state index is 0.113. The molecule has 0 aliphatic heterocycles. The Hall–Kier alpha value is -3.81. The first-order valence-corrected chi connectivity index (χ1v) is 21.9. The molecule has 0 aliphatic carbocycles. The monoisotopic (exact) mass is 792 g/mol. The normalized spacial score (nSPS) is 11.2. The van der Waals surface area contributed by atoms with Crippen LogP contribution in [0, 0.1) is 0 Å². The van der Waals surface area contributed by atoms with Crippen LogP contribution in [0.25, 0.3) is 0 Å². The third kappa shape index (κ3) is 16.8. The molecule has 0 saturated carbocycles. The Bertz CT molecular complexity index is 1610. The zero-order valence-corrected chi connectivity index (χ0v) is 35.0. The summed E-state index contributed by atoms with van der Waals surface area (Å²) in [5, 5.41) is 20.9. The second kappa shape index (κ2) is 23.8. The summed E-state index contributed by atoms with van der Waals surface area (Å²) in [7, 11) is 9.78. The molecule has 0 spiro atoms. The number of rotatable bonds is 14. The maximum absolute atomic E-state index is 10.5. The molecule has 282 valence electrons. The molecule has 0 bridgehead atoms. The Morgan fingerprint density at radius 2 is 0.943 bits per heavy atom. The standard InChI is InChI=1S/2C22H27NO2.2ClH.Ti/c2*1-5-6-7-15-25-19-13-11-18(12-14-19)23-16-17-9-8-10-20(21(17)24)22(2,3)4;;;/h2*5,8-14,16,24H,1,6-7,15H2,2-4H3;2*1H;/q;;;;+2/p-2. The molecule has 0 saturated heterocycles. The SMILES string of the molecule is C=CCCCOc1ccc(N=Cc2cccc(C(C)(C)C)c2O)cc1.C=CCCCOc1ccc(N=Cc2cccc(C(C)(C)C)c2O)cc1.[Cl][Ti][Cl]. The molecule has 9 heteroatoms. The van der Waals surface area contributed by atoms with E-state index in [9.17, 15) is 10.2 Å². The molecule has 53 heavy (non-hydrogen) atoms. The number of aromatic hydroxyl groups is 2. The Morgan fingerprint density at radius 1 is 0.604 bits per heavy atom. The fraction of sp³-hybridized carbons (Fsp3) is 0.318. The molecule has 0 heterocycles. The van der Waals surface area contributed by atoms with Gasteiger partial charge in [0.1, 0.15) is 23.0 Å². The van der Waals surface area contributed by atoms with Crippen LogP contribution in [0.1, 0.15) is 89.5 Å². The van der Waals surface area contributed by atoms with Crippen molar-refractivity contribution in [3.8, 4) is 23.0 Å². The van der Waals surface area contributed by atoms with E-state index >= 15 is 0 Å². The second-order valence-electron chi connectivity index (χ2n) is 14.1. The van der Waals surface area contributed by atoms with Gasteiger partial charge in [-0.15, -0.1) is 13.2 Å². The molecule has 6 nitrogen and oxygen atoms in total. The molecule has 4 aromatic carbocycles. The average molecular weight is 794 g/mol. The Labute approximate surface area is 334 Å². The predicted octanol–water partition coefficient (Wildman–Crippen LogP) is 12.9. The summed E-state index contributed by atoms with van der Waals surface area (Å²) in [6.07, 6.45) is 11.0. The van der Waals surface area contributed by atoms with Gasteiger partial charge in [0.25, 0.3) is 0 Å². The van der Waals surface area contributed by atoms with Gasteiger partial charge in [-0.2, -0.15) is 0 Å². The molecule has 2 N–H and O–H groups in total. The first kappa shape index (κ1) is 45.4. The van der Waals surface area contributed by atoms with E-state index in [-0.39, 0.29) is 10.8 Å². The van der Waals surface area contributed by atoms with E-state index in [0.29, 0.717) is 24.7 Å². The molecule has 4 aromatic rings. The van der Waals surface area contributed by atoms with Crippen molar-refractivity contribution in [1.29, 1.82) is 0 Å². The van der Waals surface area contributed by atoms with Crippen LogP contribution in [0.3, 0.4) is 0 Å². The molecule has 0 aromatic heterocycles. The number of allylic oxidation sites excluding steroid dienone is 2. The number of unbranched alkanes of at least 4 members (excludes halogenated alkanes) is 2. The topological polar surface area (TPSA) is 83.6 Å². The van der Waals surface area contributed by atoms with Crippen molar-refractivity contribution in [2.45, 2.75) is 78.1 Å². The predicted molar refractivity (Wildman–Crippen MR) is 223 cm³/mol. The van der Waals surface area contributed by atoms with Gasteiger partial charge in [-0.1, -0.05) is 78.0 Å².